The highest BCUT2D eigenvalue weighted by molar-refractivity contribution is 6.06. The van der Waals surface area contributed by atoms with E-state index < -0.39 is 0 Å². The minimum atomic E-state index is -0.301. The van der Waals surface area contributed by atoms with Crippen LogP contribution >= 0.6 is 0 Å². The standard InChI is InChI=1S/C32H35N7O3/c1-36-16-23(17-36)21-7-8-29(34-15-21)35-26-13-22(18-37(2)31(26)41)24-9-10-33-30(25(24)19-40)39-12-11-38-27-6-4-3-5-20(27)14-28(38)32(39)42/h7-10,13-15,18,23,40H,3-6,11-12,16-17,19H2,1-2H3,(H,34,35). The molecule has 1 amide bonds. The summed E-state index contributed by atoms with van der Waals surface area (Å²) in [5.41, 5.74) is 6.63. The zero-order valence-electron chi connectivity index (χ0n) is 24.0. The molecule has 1 saturated heterocycles. The van der Waals surface area contributed by atoms with E-state index in [-0.39, 0.29) is 18.1 Å². The molecule has 7 rings (SSSR count). The first-order valence-corrected chi connectivity index (χ1v) is 14.7. The van der Waals surface area contributed by atoms with Gasteiger partial charge in [-0.05, 0) is 73.7 Å². The van der Waals surface area contributed by atoms with Gasteiger partial charge in [-0.25, -0.2) is 9.97 Å². The number of carbonyl (C=O) groups excluding carboxylic acids is 1. The van der Waals surface area contributed by atoms with Gasteiger partial charge in [-0.1, -0.05) is 6.07 Å². The number of likely N-dealkylation sites (N-methyl/N-ethyl adjacent to an activating group) is 1. The predicted octanol–water partition coefficient (Wildman–Crippen LogP) is 3.45. The van der Waals surface area contributed by atoms with Gasteiger partial charge >= 0.3 is 0 Å². The molecule has 4 aromatic heterocycles. The number of rotatable bonds is 6. The second-order valence-electron chi connectivity index (χ2n) is 11.7. The lowest BCUT2D eigenvalue weighted by Crippen LogP contribution is -2.41. The summed E-state index contributed by atoms with van der Waals surface area (Å²) in [5.74, 6) is 1.43. The summed E-state index contributed by atoms with van der Waals surface area (Å²) in [6.45, 7) is 2.93. The van der Waals surface area contributed by atoms with Crippen molar-refractivity contribution in [1.82, 2.24) is 24.0 Å². The molecule has 0 aromatic carbocycles. The van der Waals surface area contributed by atoms with Crippen molar-refractivity contribution in [3.05, 3.63) is 87.4 Å². The van der Waals surface area contributed by atoms with Crippen LogP contribution in [-0.2, 0) is 33.0 Å². The number of nitrogens with zero attached hydrogens (tertiary/aromatic N) is 6. The highest BCUT2D eigenvalue weighted by Crippen LogP contribution is 2.34. The largest absolute Gasteiger partial charge is 0.392 e. The molecule has 6 heterocycles. The van der Waals surface area contributed by atoms with Gasteiger partial charge < -0.3 is 24.5 Å². The van der Waals surface area contributed by atoms with Crippen LogP contribution in [0.5, 0.6) is 0 Å². The lowest BCUT2D eigenvalue weighted by atomic mass is 9.93. The lowest BCUT2D eigenvalue weighted by Gasteiger charge is -2.36. The quantitative estimate of drug-likeness (QED) is 0.369. The first-order chi connectivity index (χ1) is 20.4. The Balaban J connectivity index is 1.20. The van der Waals surface area contributed by atoms with Gasteiger partial charge in [0.2, 0.25) is 0 Å². The van der Waals surface area contributed by atoms with Gasteiger partial charge in [0.25, 0.3) is 11.5 Å². The summed E-state index contributed by atoms with van der Waals surface area (Å²) >= 11 is 0. The lowest BCUT2D eigenvalue weighted by molar-refractivity contribution is 0.0963. The number of carbonyl (C=O) groups is 1. The number of fused-ring (bicyclic) bond motifs is 3. The summed E-state index contributed by atoms with van der Waals surface area (Å²) in [5, 5.41) is 13.8. The number of aryl methyl sites for hydroxylation is 2. The zero-order chi connectivity index (χ0) is 29.0. The fourth-order valence-electron chi connectivity index (χ4n) is 6.70. The molecule has 2 aliphatic heterocycles. The molecule has 0 radical (unpaired) electrons. The molecule has 4 aromatic rings. The van der Waals surface area contributed by atoms with E-state index in [1.807, 2.05) is 24.4 Å². The molecular formula is C32H35N7O3. The smallest absolute Gasteiger partial charge is 0.276 e. The molecule has 42 heavy (non-hydrogen) atoms. The number of likely N-dealkylation sites (tertiary alicyclic amines) is 1. The molecule has 3 aliphatic rings. The predicted molar refractivity (Wildman–Crippen MR) is 161 cm³/mol. The van der Waals surface area contributed by atoms with Crippen LogP contribution in [0, 0.1) is 0 Å². The monoisotopic (exact) mass is 565 g/mol. The van der Waals surface area contributed by atoms with E-state index in [0.29, 0.717) is 53.2 Å². The maximum atomic E-state index is 13.7. The number of hydrogen-bond acceptors (Lipinski definition) is 7. The Hall–Kier alpha value is -4.28. The van der Waals surface area contributed by atoms with Gasteiger partial charge in [0.1, 0.15) is 23.0 Å². The SMILES string of the molecule is CN1CC(c2ccc(Nc3cc(-c4ccnc(N5CCn6c(cc7c6CCCC7)C5=O)c4CO)cn(C)c3=O)nc2)C1. The summed E-state index contributed by atoms with van der Waals surface area (Å²) in [7, 11) is 3.80. The minimum absolute atomic E-state index is 0.0964. The molecule has 0 bridgehead atoms. The number of aromatic nitrogens is 4. The molecule has 1 fully saturated rings. The number of anilines is 3. The van der Waals surface area contributed by atoms with Gasteiger partial charge in [-0.2, -0.15) is 0 Å². The first kappa shape index (κ1) is 26.6. The topological polar surface area (TPSA) is 109 Å². The average molecular weight is 566 g/mol. The Morgan fingerprint density at radius 2 is 1.86 bits per heavy atom. The third-order valence-corrected chi connectivity index (χ3v) is 8.95. The van der Waals surface area contributed by atoms with Gasteiger partial charge in [0, 0.05) is 74.6 Å². The van der Waals surface area contributed by atoms with Crippen molar-refractivity contribution >= 4 is 23.2 Å². The van der Waals surface area contributed by atoms with E-state index in [1.54, 1.807) is 30.4 Å². The highest BCUT2D eigenvalue weighted by atomic mass is 16.3. The minimum Gasteiger partial charge on any atom is -0.392 e. The highest BCUT2D eigenvalue weighted by Gasteiger charge is 2.32. The van der Waals surface area contributed by atoms with Crippen molar-refractivity contribution in [2.24, 2.45) is 7.05 Å². The van der Waals surface area contributed by atoms with Crippen molar-refractivity contribution in [2.45, 2.75) is 44.8 Å². The van der Waals surface area contributed by atoms with Gasteiger partial charge in [0.05, 0.1) is 6.61 Å². The Morgan fingerprint density at radius 1 is 1.02 bits per heavy atom. The Kier molecular flexibility index (Phi) is 6.67. The Morgan fingerprint density at radius 3 is 2.62 bits per heavy atom. The van der Waals surface area contributed by atoms with Crippen molar-refractivity contribution in [1.29, 1.82) is 0 Å². The van der Waals surface area contributed by atoms with Gasteiger partial charge in [-0.3, -0.25) is 14.5 Å². The number of nitrogens with one attached hydrogen (secondary N) is 1. The van der Waals surface area contributed by atoms with Crippen LogP contribution in [0.2, 0.25) is 0 Å². The van der Waals surface area contributed by atoms with Crippen LogP contribution in [-0.4, -0.2) is 61.7 Å². The van der Waals surface area contributed by atoms with Crippen LogP contribution in [0.3, 0.4) is 0 Å². The molecule has 0 saturated carbocycles. The van der Waals surface area contributed by atoms with E-state index in [2.05, 4.69) is 37.9 Å². The molecule has 2 N–H and O–H groups in total. The number of aliphatic hydroxyl groups excluding tert-OH is 1. The Labute approximate surface area is 244 Å². The van der Waals surface area contributed by atoms with Crippen molar-refractivity contribution in [3.8, 4) is 11.1 Å². The van der Waals surface area contributed by atoms with Crippen LogP contribution in [0.4, 0.5) is 17.3 Å². The van der Waals surface area contributed by atoms with E-state index in [4.69, 9.17) is 0 Å². The third kappa shape index (κ3) is 4.51. The second kappa shape index (κ2) is 10.5. The first-order valence-electron chi connectivity index (χ1n) is 14.7. The summed E-state index contributed by atoms with van der Waals surface area (Å²) in [4.78, 5) is 39.9. The normalized spacial score (nSPS) is 17.1. The Bertz CT molecular complexity index is 1730. The number of amides is 1. The number of pyridine rings is 3. The molecule has 0 spiro atoms. The second-order valence-corrected chi connectivity index (χ2v) is 11.7. The molecule has 10 heteroatoms. The maximum Gasteiger partial charge on any atom is 0.276 e. The van der Waals surface area contributed by atoms with Crippen molar-refractivity contribution < 1.29 is 9.90 Å². The number of hydrogen-bond donors (Lipinski definition) is 2. The fourth-order valence-corrected chi connectivity index (χ4v) is 6.70. The summed E-state index contributed by atoms with van der Waals surface area (Å²) in [6.07, 6.45) is 9.61. The molecular weight excluding hydrogens is 530 g/mol. The van der Waals surface area contributed by atoms with E-state index >= 15 is 0 Å². The van der Waals surface area contributed by atoms with Crippen LogP contribution in [0.1, 0.15) is 51.6 Å². The molecule has 0 atom stereocenters. The van der Waals surface area contributed by atoms with Crippen LogP contribution in [0.25, 0.3) is 11.1 Å². The van der Waals surface area contributed by atoms with Crippen LogP contribution < -0.4 is 15.8 Å². The molecule has 216 valence electrons. The molecule has 0 unspecified atom stereocenters. The molecule has 1 aliphatic carbocycles. The van der Waals surface area contributed by atoms with Crippen LogP contribution in [0.15, 0.2) is 53.7 Å². The van der Waals surface area contributed by atoms with E-state index in [1.165, 1.54) is 21.4 Å². The third-order valence-electron chi connectivity index (χ3n) is 8.95. The van der Waals surface area contributed by atoms with Gasteiger partial charge in [-0.15, -0.1) is 0 Å². The average Bonchev–Trinajstić information content (AvgIpc) is 3.38. The summed E-state index contributed by atoms with van der Waals surface area (Å²) in [6, 6.07) is 9.59. The zero-order valence-corrected chi connectivity index (χ0v) is 24.0. The van der Waals surface area contributed by atoms with Gasteiger partial charge in [0.15, 0.2) is 0 Å². The fraction of sp³-hybridized carbons (Fsp3) is 0.375. The maximum absolute atomic E-state index is 13.7. The van der Waals surface area contributed by atoms with E-state index in [9.17, 15) is 14.7 Å². The van der Waals surface area contributed by atoms with Crippen molar-refractivity contribution in [2.75, 3.05) is 36.9 Å². The van der Waals surface area contributed by atoms with E-state index in [0.717, 1.165) is 44.3 Å². The number of aliphatic hydroxyl groups is 1. The summed E-state index contributed by atoms with van der Waals surface area (Å²) < 4.78 is 3.69. The molecule has 10 nitrogen and oxygen atoms in total. The van der Waals surface area contributed by atoms with Crippen molar-refractivity contribution in [3.63, 3.8) is 0 Å².